The normalized spacial score (nSPS) is 11.5. The predicted molar refractivity (Wildman–Crippen MR) is 95.5 cm³/mol. The first kappa shape index (κ1) is 18.6. The molecular weight excluding hydrogens is 324 g/mol. The van der Waals surface area contributed by atoms with Crippen molar-refractivity contribution in [2.24, 2.45) is 0 Å². The van der Waals surface area contributed by atoms with E-state index in [1.807, 2.05) is 10.6 Å². The number of carboxylic acid groups (broad SMARTS) is 1. The Labute approximate surface area is 146 Å². The van der Waals surface area contributed by atoms with E-state index in [2.05, 4.69) is 10.3 Å². The molecule has 1 heterocycles. The third-order valence-electron chi connectivity index (χ3n) is 3.45. The van der Waals surface area contributed by atoms with E-state index in [4.69, 9.17) is 15.6 Å². The van der Waals surface area contributed by atoms with Crippen molar-refractivity contribution in [3.05, 3.63) is 18.2 Å². The second-order valence-electron chi connectivity index (χ2n) is 6.80. The van der Waals surface area contributed by atoms with Gasteiger partial charge in [0.2, 0.25) is 5.95 Å². The lowest BCUT2D eigenvalue weighted by Gasteiger charge is -2.19. The van der Waals surface area contributed by atoms with Crippen LogP contribution in [0.2, 0.25) is 0 Å². The predicted octanol–water partition coefficient (Wildman–Crippen LogP) is 3.22. The van der Waals surface area contributed by atoms with Crippen molar-refractivity contribution in [2.75, 3.05) is 11.1 Å². The number of carbonyl (C=O) groups excluding carboxylic acids is 1. The molecule has 1 amide bonds. The fourth-order valence-corrected chi connectivity index (χ4v) is 2.43. The van der Waals surface area contributed by atoms with Crippen molar-refractivity contribution in [1.29, 1.82) is 0 Å². The Balaban J connectivity index is 2.08. The fraction of sp³-hybridized carbons (Fsp3) is 0.471. The second-order valence-corrected chi connectivity index (χ2v) is 6.80. The molecule has 1 aromatic carbocycles. The Morgan fingerprint density at radius 1 is 1.32 bits per heavy atom. The largest absolute Gasteiger partial charge is 0.481 e. The molecule has 0 spiro atoms. The van der Waals surface area contributed by atoms with Crippen LogP contribution in [-0.4, -0.2) is 32.3 Å². The minimum atomic E-state index is -0.804. The Kier molecular flexibility index (Phi) is 5.51. The van der Waals surface area contributed by atoms with Crippen LogP contribution in [0, 0.1) is 0 Å². The molecule has 0 unspecified atom stereocenters. The number of nitrogen functional groups attached to an aromatic ring is 1. The fourth-order valence-electron chi connectivity index (χ4n) is 2.43. The van der Waals surface area contributed by atoms with Gasteiger partial charge in [0.05, 0.1) is 11.0 Å². The summed E-state index contributed by atoms with van der Waals surface area (Å²) in [5, 5.41) is 11.3. The molecule has 2 aromatic rings. The minimum Gasteiger partial charge on any atom is -0.481 e. The number of benzene rings is 1. The van der Waals surface area contributed by atoms with Crippen LogP contribution in [0.3, 0.4) is 0 Å². The van der Waals surface area contributed by atoms with Gasteiger partial charge in [-0.1, -0.05) is 0 Å². The van der Waals surface area contributed by atoms with Gasteiger partial charge >= 0.3 is 12.1 Å². The Morgan fingerprint density at radius 2 is 2.04 bits per heavy atom. The van der Waals surface area contributed by atoms with E-state index in [9.17, 15) is 9.59 Å². The van der Waals surface area contributed by atoms with Gasteiger partial charge in [-0.25, -0.2) is 9.78 Å². The maximum atomic E-state index is 11.8. The molecule has 8 heteroatoms. The van der Waals surface area contributed by atoms with Gasteiger partial charge in [-0.3, -0.25) is 10.1 Å². The van der Waals surface area contributed by atoms with Crippen molar-refractivity contribution in [2.45, 2.75) is 52.2 Å². The highest BCUT2D eigenvalue weighted by Crippen LogP contribution is 2.23. The summed E-state index contributed by atoms with van der Waals surface area (Å²) in [6, 6.07) is 5.30. The van der Waals surface area contributed by atoms with Gasteiger partial charge < -0.3 is 20.1 Å². The molecule has 0 atom stereocenters. The zero-order valence-electron chi connectivity index (χ0n) is 14.7. The van der Waals surface area contributed by atoms with E-state index in [1.54, 1.807) is 32.9 Å². The molecule has 136 valence electrons. The topological polar surface area (TPSA) is 119 Å². The molecule has 0 aliphatic rings. The summed E-state index contributed by atoms with van der Waals surface area (Å²) < 4.78 is 7.06. The van der Waals surface area contributed by atoms with Crippen LogP contribution in [0.25, 0.3) is 11.0 Å². The highest BCUT2D eigenvalue weighted by molar-refractivity contribution is 5.89. The third-order valence-corrected chi connectivity index (χ3v) is 3.45. The molecule has 1 aromatic heterocycles. The average molecular weight is 348 g/mol. The van der Waals surface area contributed by atoms with E-state index in [-0.39, 0.29) is 6.42 Å². The molecule has 0 fully saturated rings. The van der Waals surface area contributed by atoms with Crippen LogP contribution in [0.1, 0.15) is 40.0 Å². The number of carbonyl (C=O) groups is 2. The molecule has 4 N–H and O–H groups in total. The van der Waals surface area contributed by atoms with Gasteiger partial charge in [0.25, 0.3) is 0 Å². The summed E-state index contributed by atoms with van der Waals surface area (Å²) in [6.45, 7) is 5.97. The van der Waals surface area contributed by atoms with Crippen LogP contribution in [0.4, 0.5) is 16.4 Å². The molecule has 2 rings (SSSR count). The number of imidazole rings is 1. The van der Waals surface area contributed by atoms with E-state index in [0.717, 1.165) is 5.52 Å². The molecule has 0 aliphatic heterocycles. The Morgan fingerprint density at radius 3 is 2.68 bits per heavy atom. The van der Waals surface area contributed by atoms with E-state index >= 15 is 0 Å². The highest BCUT2D eigenvalue weighted by Gasteiger charge is 2.17. The number of hydrogen-bond acceptors (Lipinski definition) is 5. The zero-order chi connectivity index (χ0) is 18.6. The van der Waals surface area contributed by atoms with Gasteiger partial charge in [-0.15, -0.1) is 0 Å². The van der Waals surface area contributed by atoms with Gasteiger partial charge in [0, 0.05) is 18.7 Å². The lowest BCUT2D eigenvalue weighted by Crippen LogP contribution is -2.27. The highest BCUT2D eigenvalue weighted by atomic mass is 16.6. The molecule has 0 radical (unpaired) electrons. The summed E-state index contributed by atoms with van der Waals surface area (Å²) in [6.07, 6.45) is 0.872. The number of aromatic nitrogens is 2. The van der Waals surface area contributed by atoms with Crippen molar-refractivity contribution < 1.29 is 19.4 Å². The summed E-state index contributed by atoms with van der Waals surface area (Å²) >= 11 is 0. The van der Waals surface area contributed by atoms with Crippen molar-refractivity contribution in [3.8, 4) is 0 Å². The van der Waals surface area contributed by atoms with Crippen molar-refractivity contribution >= 4 is 34.7 Å². The smallest absolute Gasteiger partial charge is 0.412 e. The quantitative estimate of drug-likeness (QED) is 0.690. The molecule has 0 saturated heterocycles. The molecule has 25 heavy (non-hydrogen) atoms. The summed E-state index contributed by atoms with van der Waals surface area (Å²) in [5.41, 5.74) is 7.44. The number of ether oxygens (including phenoxy) is 1. The van der Waals surface area contributed by atoms with Crippen LogP contribution in [0.5, 0.6) is 0 Å². The van der Waals surface area contributed by atoms with Crippen LogP contribution < -0.4 is 11.1 Å². The monoisotopic (exact) mass is 348 g/mol. The standard InChI is InChI=1S/C17H24N4O4/c1-17(2,3)25-16(24)19-11-7-8-13-12(10-11)20-15(18)21(13)9-5-4-6-14(22)23/h7-8,10H,4-6,9H2,1-3H3,(H2,18,20)(H,19,24)(H,22,23). The first-order valence-corrected chi connectivity index (χ1v) is 8.13. The number of nitrogens with zero attached hydrogens (tertiary/aromatic N) is 2. The number of aliphatic carboxylic acids is 1. The summed E-state index contributed by atoms with van der Waals surface area (Å²) in [5.74, 6) is -0.443. The number of hydrogen-bond donors (Lipinski definition) is 3. The van der Waals surface area contributed by atoms with E-state index in [0.29, 0.717) is 36.5 Å². The third kappa shape index (κ3) is 5.37. The van der Waals surface area contributed by atoms with Gasteiger partial charge in [0.15, 0.2) is 0 Å². The first-order valence-electron chi connectivity index (χ1n) is 8.13. The van der Waals surface area contributed by atoms with Gasteiger partial charge in [0.1, 0.15) is 5.60 Å². The Bertz CT molecular complexity index is 777. The summed E-state index contributed by atoms with van der Waals surface area (Å²) in [4.78, 5) is 26.7. The minimum absolute atomic E-state index is 0.135. The lowest BCUT2D eigenvalue weighted by atomic mass is 10.2. The maximum absolute atomic E-state index is 11.8. The molecule has 8 nitrogen and oxygen atoms in total. The first-order chi connectivity index (χ1) is 11.7. The van der Waals surface area contributed by atoms with E-state index in [1.165, 1.54) is 0 Å². The van der Waals surface area contributed by atoms with Crippen LogP contribution in [0.15, 0.2) is 18.2 Å². The number of nitrogens with two attached hydrogens (primary N) is 1. The van der Waals surface area contributed by atoms with Crippen molar-refractivity contribution in [3.63, 3.8) is 0 Å². The number of unbranched alkanes of at least 4 members (excludes halogenated alkanes) is 1. The van der Waals surface area contributed by atoms with Crippen LogP contribution >= 0.6 is 0 Å². The lowest BCUT2D eigenvalue weighted by molar-refractivity contribution is -0.137. The van der Waals surface area contributed by atoms with Gasteiger partial charge in [-0.05, 0) is 51.8 Å². The molecule has 0 saturated carbocycles. The SMILES string of the molecule is CC(C)(C)OC(=O)Nc1ccc2c(c1)nc(N)n2CCCCC(=O)O. The van der Waals surface area contributed by atoms with Crippen LogP contribution in [-0.2, 0) is 16.1 Å². The van der Waals surface area contributed by atoms with Crippen molar-refractivity contribution in [1.82, 2.24) is 9.55 Å². The second kappa shape index (κ2) is 7.42. The molecular formula is C17H24N4O4. The van der Waals surface area contributed by atoms with Gasteiger partial charge in [-0.2, -0.15) is 0 Å². The Hall–Kier alpha value is -2.77. The number of amides is 1. The number of fused-ring (bicyclic) bond motifs is 1. The zero-order valence-corrected chi connectivity index (χ0v) is 14.7. The molecule has 0 bridgehead atoms. The number of rotatable bonds is 6. The molecule has 0 aliphatic carbocycles. The van der Waals surface area contributed by atoms with E-state index < -0.39 is 17.7 Å². The number of aryl methyl sites for hydroxylation is 1. The average Bonchev–Trinajstić information content (AvgIpc) is 2.76. The number of anilines is 2. The maximum Gasteiger partial charge on any atom is 0.412 e. The number of carboxylic acids is 1. The summed E-state index contributed by atoms with van der Waals surface area (Å²) in [7, 11) is 0. The number of nitrogens with one attached hydrogen (secondary N) is 1.